The minimum atomic E-state index is -2.16. The molecule has 0 unspecified atom stereocenters. The molecule has 0 radical (unpaired) electrons. The van der Waals surface area contributed by atoms with Gasteiger partial charge in [0.05, 0.1) is 0 Å². The second kappa shape index (κ2) is 8.44. The van der Waals surface area contributed by atoms with Crippen LogP contribution in [0.4, 0.5) is 0 Å². The molecule has 0 spiro atoms. The Morgan fingerprint density at radius 2 is 1.04 bits per heavy atom. The fourth-order valence-corrected chi connectivity index (χ4v) is 17.7. The summed E-state index contributed by atoms with van der Waals surface area (Å²) < 4.78 is 3.71. The summed E-state index contributed by atoms with van der Waals surface area (Å²) in [4.78, 5) is 0. The van der Waals surface area contributed by atoms with Crippen molar-refractivity contribution >= 4 is 18.4 Å². The summed E-state index contributed by atoms with van der Waals surface area (Å²) in [5.74, 6) is 0. The summed E-state index contributed by atoms with van der Waals surface area (Å²) >= 11 is -0.615. The second-order valence-electron chi connectivity index (χ2n) is 7.50. The molecule has 0 bridgehead atoms. The first-order valence-corrected chi connectivity index (χ1v) is 13.9. The molecule has 0 N–H and O–H groups in total. The maximum absolute atomic E-state index is 2.51. The molecule has 140 valence electrons. The standard InChI is InChI=1S/C24H22Si.2ClH.Zr/c1-19-11-9-17-23(19)25(21-13-5-3-6-14-21,22-15-7-4-8-16-22)24-18-10-12-20(24)2;;;/h3-8,11-16H,9-10H2,1-2H3;2*1H;/q;;;+2/p-2. The van der Waals surface area contributed by atoms with E-state index in [1.807, 2.05) is 6.56 Å². The predicted octanol–water partition coefficient (Wildman–Crippen LogP) is -1.36. The van der Waals surface area contributed by atoms with Gasteiger partial charge in [0.1, 0.15) is 0 Å². The average Bonchev–Trinajstić information content (AvgIpc) is 3.25. The zero-order valence-corrected chi connectivity index (χ0v) is 21.1. The van der Waals surface area contributed by atoms with E-state index < -0.39 is 31.3 Å². The third-order valence-electron chi connectivity index (χ3n) is 6.08. The molecule has 0 nitrogen and oxygen atoms in total. The fourth-order valence-electron chi connectivity index (χ4n) is 5.09. The topological polar surface area (TPSA) is 0 Å². The molecule has 0 aromatic heterocycles. The van der Waals surface area contributed by atoms with E-state index in [4.69, 9.17) is 0 Å². The number of hydrogen-bond donors (Lipinski definition) is 0. The molecule has 2 aliphatic carbocycles. The quantitative estimate of drug-likeness (QED) is 0.447. The number of hydrogen-bond acceptors (Lipinski definition) is 0. The summed E-state index contributed by atoms with van der Waals surface area (Å²) in [5.41, 5.74) is 3.12. The Morgan fingerprint density at radius 1 is 0.643 bits per heavy atom. The maximum atomic E-state index is 2.51. The van der Waals surface area contributed by atoms with Crippen LogP contribution in [-0.4, -0.2) is 8.07 Å². The van der Waals surface area contributed by atoms with Gasteiger partial charge in [-0.2, -0.15) is 0 Å². The van der Waals surface area contributed by atoms with Crippen molar-refractivity contribution in [3.05, 3.63) is 101 Å². The Kier molecular flexibility index (Phi) is 6.57. The first-order valence-electron chi connectivity index (χ1n) is 9.42. The average molecular weight is 501 g/mol. The third kappa shape index (κ3) is 3.05. The van der Waals surface area contributed by atoms with Gasteiger partial charge in [-0.05, 0) is 0 Å². The van der Waals surface area contributed by atoms with E-state index >= 15 is 0 Å². The molecule has 1 heterocycles. The fraction of sp³-hybridized carbons (Fsp3) is 0.167. The Balaban J connectivity index is 0.00000112. The van der Waals surface area contributed by atoms with Gasteiger partial charge in [-0.25, -0.2) is 0 Å². The van der Waals surface area contributed by atoms with Crippen molar-refractivity contribution in [3.63, 3.8) is 0 Å². The molecule has 0 atom stereocenters. The Morgan fingerprint density at radius 3 is 1.43 bits per heavy atom. The molecule has 2 aromatic carbocycles. The molecule has 5 rings (SSSR count). The number of rotatable bonds is 2. The Bertz CT molecular complexity index is 934. The molecular formula is C24H22Cl2SiZr. The van der Waals surface area contributed by atoms with Crippen molar-refractivity contribution in [2.24, 2.45) is 0 Å². The van der Waals surface area contributed by atoms with Gasteiger partial charge in [0.15, 0.2) is 0 Å². The largest absolute Gasteiger partial charge is 1.00 e. The zero-order valence-electron chi connectivity index (χ0n) is 16.1. The minimum Gasteiger partial charge on any atom is -1.00 e. The molecule has 1 aliphatic heterocycles. The van der Waals surface area contributed by atoms with Crippen LogP contribution < -0.4 is 35.2 Å². The van der Waals surface area contributed by atoms with E-state index in [1.54, 1.807) is 31.9 Å². The van der Waals surface area contributed by atoms with Crippen molar-refractivity contribution in [3.8, 4) is 0 Å². The maximum Gasteiger partial charge on any atom is -1.00 e. The van der Waals surface area contributed by atoms with Crippen LogP contribution in [0, 0.1) is 0 Å². The first kappa shape index (κ1) is 21.8. The first-order chi connectivity index (χ1) is 12.7. The van der Waals surface area contributed by atoms with Crippen LogP contribution in [0.5, 0.6) is 0 Å². The van der Waals surface area contributed by atoms with Gasteiger partial charge in [-0.3, -0.25) is 0 Å². The van der Waals surface area contributed by atoms with Crippen LogP contribution >= 0.6 is 0 Å². The van der Waals surface area contributed by atoms with Crippen LogP contribution in [0.2, 0.25) is 0 Å². The minimum absolute atomic E-state index is 0. The molecule has 0 saturated heterocycles. The molecule has 3 aliphatic rings. The summed E-state index contributed by atoms with van der Waals surface area (Å²) in [7, 11) is -2.16. The van der Waals surface area contributed by atoms with Crippen molar-refractivity contribution < 1.29 is 48.0 Å². The monoisotopic (exact) mass is 498 g/mol. The number of allylic oxidation sites excluding steroid dienone is 8. The second-order valence-corrected chi connectivity index (χ2v) is 14.7. The number of benzene rings is 2. The van der Waals surface area contributed by atoms with Crippen LogP contribution in [0.3, 0.4) is 0 Å². The van der Waals surface area contributed by atoms with Crippen molar-refractivity contribution in [1.82, 2.24) is 0 Å². The van der Waals surface area contributed by atoms with Gasteiger partial charge in [0.2, 0.25) is 0 Å². The Labute approximate surface area is 192 Å². The molecule has 4 heteroatoms. The molecule has 0 fully saturated rings. The molecule has 0 amide bonds. The van der Waals surface area contributed by atoms with Gasteiger partial charge in [0, 0.05) is 0 Å². The summed E-state index contributed by atoms with van der Waals surface area (Å²) in [6.45, 7) is 4.74. The van der Waals surface area contributed by atoms with Crippen LogP contribution in [0.15, 0.2) is 101 Å². The Hall–Kier alpha value is -0.920. The van der Waals surface area contributed by atoms with Crippen molar-refractivity contribution in [2.45, 2.75) is 26.7 Å². The van der Waals surface area contributed by atoms with Crippen molar-refractivity contribution in [2.75, 3.05) is 0 Å². The predicted molar refractivity (Wildman–Crippen MR) is 109 cm³/mol. The normalized spacial score (nSPS) is 18.6. The third-order valence-corrected chi connectivity index (χ3v) is 16.3. The summed E-state index contributed by atoms with van der Waals surface area (Å²) in [5, 5.41) is 6.67. The smallest absolute Gasteiger partial charge is 1.00 e. The van der Waals surface area contributed by atoms with Gasteiger partial charge in [-0.15, -0.1) is 0 Å². The molecule has 2 aromatic rings. The van der Waals surface area contributed by atoms with Crippen LogP contribution in [0.1, 0.15) is 26.7 Å². The van der Waals surface area contributed by atoms with Crippen molar-refractivity contribution in [1.29, 1.82) is 0 Å². The van der Waals surface area contributed by atoms with E-state index in [9.17, 15) is 0 Å². The van der Waals surface area contributed by atoms with Gasteiger partial charge >= 0.3 is 169 Å². The zero-order chi connectivity index (χ0) is 17.7. The summed E-state index contributed by atoms with van der Waals surface area (Å²) in [6, 6.07) is 22.9. The van der Waals surface area contributed by atoms with Gasteiger partial charge in [-0.1, -0.05) is 0 Å². The molecular weight excluding hydrogens is 478 g/mol. The SMILES string of the molecule is CC1=CC[C]2=C1[Si](c1ccccc1)(c1ccccc1)C1=[C](CC=C1C)[Zr+2]2.[Cl-].[Cl-]. The van der Waals surface area contributed by atoms with Crippen LogP contribution in [0.25, 0.3) is 0 Å². The van der Waals surface area contributed by atoms with E-state index in [2.05, 4.69) is 86.7 Å². The van der Waals surface area contributed by atoms with E-state index in [0.717, 1.165) is 0 Å². The summed E-state index contributed by atoms with van der Waals surface area (Å²) in [6.07, 6.45) is 7.47. The van der Waals surface area contributed by atoms with Gasteiger partial charge < -0.3 is 24.8 Å². The molecule has 0 saturated carbocycles. The van der Waals surface area contributed by atoms with E-state index in [0.29, 0.717) is 0 Å². The van der Waals surface area contributed by atoms with E-state index in [-0.39, 0.29) is 24.8 Å². The van der Waals surface area contributed by atoms with Gasteiger partial charge in [0.25, 0.3) is 0 Å². The van der Waals surface area contributed by atoms with E-state index in [1.165, 1.54) is 12.8 Å². The van der Waals surface area contributed by atoms with Crippen LogP contribution in [-0.2, 0) is 23.2 Å². The number of halogens is 2. The molecule has 28 heavy (non-hydrogen) atoms.